The van der Waals surface area contributed by atoms with Crippen molar-refractivity contribution in [2.75, 3.05) is 18.4 Å². The molecule has 138 valence electrons. The summed E-state index contributed by atoms with van der Waals surface area (Å²) >= 11 is 3.06. The van der Waals surface area contributed by atoms with E-state index in [1.54, 1.807) is 12.1 Å². The highest BCUT2D eigenvalue weighted by molar-refractivity contribution is 9.10. The van der Waals surface area contributed by atoms with Crippen LogP contribution in [0.3, 0.4) is 0 Å². The van der Waals surface area contributed by atoms with Crippen molar-refractivity contribution in [2.24, 2.45) is 5.92 Å². The molecule has 8 heteroatoms. The number of rotatable bonds is 4. The molecule has 1 aliphatic heterocycles. The molecular formula is C18H18BrFN2O3S. The molecule has 0 spiro atoms. The van der Waals surface area contributed by atoms with Crippen LogP contribution in [0.25, 0.3) is 0 Å². The lowest BCUT2D eigenvalue weighted by Gasteiger charge is -2.16. The van der Waals surface area contributed by atoms with Crippen LogP contribution >= 0.6 is 15.9 Å². The summed E-state index contributed by atoms with van der Waals surface area (Å²) < 4.78 is 40.5. The van der Waals surface area contributed by atoms with Crippen molar-refractivity contribution >= 4 is 37.5 Å². The van der Waals surface area contributed by atoms with Gasteiger partial charge in [-0.05, 0) is 64.7 Å². The number of nitrogens with zero attached hydrogens (tertiary/aromatic N) is 1. The predicted molar refractivity (Wildman–Crippen MR) is 101 cm³/mol. The van der Waals surface area contributed by atoms with Crippen LogP contribution < -0.4 is 5.32 Å². The number of amides is 1. The largest absolute Gasteiger partial charge is 0.322 e. The second-order valence-corrected chi connectivity index (χ2v) is 9.16. The van der Waals surface area contributed by atoms with E-state index in [0.717, 1.165) is 6.42 Å². The molecule has 1 heterocycles. The Balaban J connectivity index is 1.82. The van der Waals surface area contributed by atoms with E-state index in [2.05, 4.69) is 21.2 Å². The van der Waals surface area contributed by atoms with Gasteiger partial charge in [-0.1, -0.05) is 13.0 Å². The zero-order valence-electron chi connectivity index (χ0n) is 14.1. The first-order valence-electron chi connectivity index (χ1n) is 8.14. The Hall–Kier alpha value is -1.77. The second kappa shape index (κ2) is 7.46. The quantitative estimate of drug-likeness (QED) is 0.784. The van der Waals surface area contributed by atoms with Crippen molar-refractivity contribution < 1.29 is 17.6 Å². The van der Waals surface area contributed by atoms with Crippen LogP contribution in [-0.4, -0.2) is 31.7 Å². The summed E-state index contributed by atoms with van der Waals surface area (Å²) in [4.78, 5) is 12.5. The van der Waals surface area contributed by atoms with Crippen molar-refractivity contribution in [1.29, 1.82) is 0 Å². The van der Waals surface area contributed by atoms with Gasteiger partial charge >= 0.3 is 0 Å². The molecule has 1 aliphatic rings. The Morgan fingerprint density at radius 2 is 2.04 bits per heavy atom. The molecule has 1 saturated heterocycles. The summed E-state index contributed by atoms with van der Waals surface area (Å²) in [5, 5.41) is 2.64. The number of anilines is 1. The van der Waals surface area contributed by atoms with Crippen molar-refractivity contribution in [3.05, 3.63) is 58.3 Å². The summed E-state index contributed by atoms with van der Waals surface area (Å²) in [5.41, 5.74) is 0.628. The van der Waals surface area contributed by atoms with Gasteiger partial charge in [-0.25, -0.2) is 12.8 Å². The van der Waals surface area contributed by atoms with E-state index in [1.807, 2.05) is 6.92 Å². The number of hydrogen-bond donors (Lipinski definition) is 1. The van der Waals surface area contributed by atoms with E-state index in [4.69, 9.17) is 0 Å². The molecule has 1 unspecified atom stereocenters. The minimum atomic E-state index is -3.62. The van der Waals surface area contributed by atoms with E-state index >= 15 is 0 Å². The van der Waals surface area contributed by atoms with Crippen LogP contribution in [-0.2, 0) is 10.0 Å². The first-order valence-corrected chi connectivity index (χ1v) is 10.4. The number of halogens is 2. The standard InChI is InChI=1S/C18H18BrFN2O3S/c1-12-7-8-22(11-12)26(24,25)15-4-2-3-13(9-15)18(23)21-14-5-6-17(20)16(19)10-14/h2-6,9-10,12H,7-8,11H2,1H3,(H,21,23). The third-order valence-corrected chi connectivity index (χ3v) is 6.77. The summed E-state index contributed by atoms with van der Waals surface area (Å²) in [6.07, 6.45) is 0.832. The fourth-order valence-electron chi connectivity index (χ4n) is 2.84. The second-order valence-electron chi connectivity index (χ2n) is 6.37. The van der Waals surface area contributed by atoms with E-state index in [-0.39, 0.29) is 14.9 Å². The summed E-state index contributed by atoms with van der Waals surface area (Å²) in [6, 6.07) is 10.1. The Morgan fingerprint density at radius 1 is 1.27 bits per heavy atom. The van der Waals surface area contributed by atoms with Crippen molar-refractivity contribution in [1.82, 2.24) is 4.31 Å². The molecule has 0 radical (unpaired) electrons. The van der Waals surface area contributed by atoms with Crippen LogP contribution in [0.4, 0.5) is 10.1 Å². The number of hydrogen-bond acceptors (Lipinski definition) is 3. The molecular weight excluding hydrogens is 423 g/mol. The number of nitrogens with one attached hydrogen (secondary N) is 1. The number of carbonyl (C=O) groups is 1. The molecule has 3 rings (SSSR count). The van der Waals surface area contributed by atoms with Crippen LogP contribution in [0.2, 0.25) is 0 Å². The lowest BCUT2D eigenvalue weighted by Crippen LogP contribution is -2.28. The Morgan fingerprint density at radius 3 is 2.69 bits per heavy atom. The Labute approximate surface area is 160 Å². The molecule has 1 fully saturated rings. The molecule has 0 bridgehead atoms. The third kappa shape index (κ3) is 3.97. The van der Waals surface area contributed by atoms with Crippen molar-refractivity contribution in [3.63, 3.8) is 0 Å². The van der Waals surface area contributed by atoms with E-state index in [9.17, 15) is 17.6 Å². The fraction of sp³-hybridized carbons (Fsp3) is 0.278. The summed E-state index contributed by atoms with van der Waals surface area (Å²) in [7, 11) is -3.62. The first-order chi connectivity index (χ1) is 12.3. The monoisotopic (exact) mass is 440 g/mol. The fourth-order valence-corrected chi connectivity index (χ4v) is 4.84. The molecule has 0 saturated carbocycles. The predicted octanol–water partition coefficient (Wildman–Crippen LogP) is 3.87. The van der Waals surface area contributed by atoms with Gasteiger partial charge in [-0.2, -0.15) is 4.31 Å². The minimum Gasteiger partial charge on any atom is -0.322 e. The number of sulfonamides is 1. The van der Waals surface area contributed by atoms with E-state index in [0.29, 0.717) is 24.7 Å². The van der Waals surface area contributed by atoms with Gasteiger partial charge in [0.1, 0.15) is 5.82 Å². The van der Waals surface area contributed by atoms with Crippen LogP contribution in [0, 0.1) is 11.7 Å². The molecule has 1 amide bonds. The van der Waals surface area contributed by atoms with Gasteiger partial charge in [0, 0.05) is 24.3 Å². The molecule has 1 N–H and O–H groups in total. The molecule has 0 aromatic heterocycles. The van der Waals surface area contributed by atoms with E-state index in [1.165, 1.54) is 34.6 Å². The summed E-state index contributed by atoms with van der Waals surface area (Å²) in [6.45, 7) is 2.99. The summed E-state index contributed by atoms with van der Waals surface area (Å²) in [5.74, 6) is -0.570. The average Bonchev–Trinajstić information content (AvgIpc) is 3.05. The van der Waals surface area contributed by atoms with Gasteiger partial charge in [-0.3, -0.25) is 4.79 Å². The van der Waals surface area contributed by atoms with Crippen LogP contribution in [0.1, 0.15) is 23.7 Å². The van der Waals surface area contributed by atoms with Gasteiger partial charge in [0.15, 0.2) is 0 Å². The Bertz CT molecular complexity index is 949. The smallest absolute Gasteiger partial charge is 0.255 e. The van der Waals surface area contributed by atoms with Gasteiger partial charge in [0.05, 0.1) is 9.37 Å². The average molecular weight is 441 g/mol. The maximum absolute atomic E-state index is 13.3. The van der Waals surface area contributed by atoms with Gasteiger partial charge in [0.2, 0.25) is 10.0 Å². The van der Waals surface area contributed by atoms with Crippen molar-refractivity contribution in [3.8, 4) is 0 Å². The highest BCUT2D eigenvalue weighted by Gasteiger charge is 2.30. The third-order valence-electron chi connectivity index (χ3n) is 4.30. The first kappa shape index (κ1) is 19.0. The van der Waals surface area contributed by atoms with Crippen molar-refractivity contribution in [2.45, 2.75) is 18.2 Å². The van der Waals surface area contributed by atoms with Gasteiger partial charge in [0.25, 0.3) is 5.91 Å². The highest BCUT2D eigenvalue weighted by Crippen LogP contribution is 2.25. The topological polar surface area (TPSA) is 66.5 Å². The number of carbonyl (C=O) groups excluding carboxylic acids is 1. The van der Waals surface area contributed by atoms with Gasteiger partial charge < -0.3 is 5.32 Å². The van der Waals surface area contributed by atoms with Crippen LogP contribution in [0.5, 0.6) is 0 Å². The maximum atomic E-state index is 13.3. The zero-order chi connectivity index (χ0) is 18.9. The maximum Gasteiger partial charge on any atom is 0.255 e. The van der Waals surface area contributed by atoms with Gasteiger partial charge in [-0.15, -0.1) is 0 Å². The lowest BCUT2D eigenvalue weighted by molar-refractivity contribution is 0.102. The molecule has 1 atom stereocenters. The number of benzene rings is 2. The van der Waals surface area contributed by atoms with E-state index < -0.39 is 21.7 Å². The zero-order valence-corrected chi connectivity index (χ0v) is 16.5. The molecule has 2 aromatic carbocycles. The van der Waals surface area contributed by atoms with Crippen LogP contribution in [0.15, 0.2) is 51.8 Å². The minimum absolute atomic E-state index is 0.0968. The molecule has 0 aliphatic carbocycles. The molecule has 5 nitrogen and oxygen atoms in total. The SMILES string of the molecule is CC1CCN(S(=O)(=O)c2cccc(C(=O)Nc3ccc(F)c(Br)c3)c2)C1. The Kier molecular flexibility index (Phi) is 5.45. The highest BCUT2D eigenvalue weighted by atomic mass is 79.9. The molecule has 2 aromatic rings. The normalized spacial score (nSPS) is 18.0. The lowest BCUT2D eigenvalue weighted by atomic mass is 10.2. The molecule has 26 heavy (non-hydrogen) atoms.